The Labute approximate surface area is 132 Å². The third kappa shape index (κ3) is 2.30. The summed E-state index contributed by atoms with van der Waals surface area (Å²) in [6.45, 7) is 6.78. The van der Waals surface area contributed by atoms with Gasteiger partial charge in [0.05, 0.1) is 12.5 Å². The van der Waals surface area contributed by atoms with E-state index in [0.717, 1.165) is 38.2 Å². The summed E-state index contributed by atoms with van der Waals surface area (Å²) in [6, 6.07) is 8.40. The standard InChI is InChI=1S/C18H26N2O2/c1-13(2)20-11-15(14-7-4-5-8-16(14)22-3)18(17(20)21)9-6-10-19-12-18/h4-5,7-8,13,15,19H,6,9-12H2,1-3H3/t15-,18-/m1/s1. The van der Waals surface area contributed by atoms with Crippen molar-refractivity contribution in [3.8, 4) is 5.75 Å². The molecule has 1 aromatic carbocycles. The van der Waals surface area contributed by atoms with Crippen LogP contribution in [-0.2, 0) is 4.79 Å². The summed E-state index contributed by atoms with van der Waals surface area (Å²) in [6.07, 6.45) is 2.02. The fourth-order valence-corrected chi connectivity index (χ4v) is 4.09. The van der Waals surface area contributed by atoms with Crippen molar-refractivity contribution in [2.75, 3.05) is 26.7 Å². The lowest BCUT2D eigenvalue weighted by Crippen LogP contribution is -2.48. The van der Waals surface area contributed by atoms with Crippen LogP contribution in [0.4, 0.5) is 0 Å². The number of likely N-dealkylation sites (tertiary alicyclic amines) is 1. The number of hydrogen-bond acceptors (Lipinski definition) is 3. The van der Waals surface area contributed by atoms with Gasteiger partial charge in [-0.05, 0) is 39.3 Å². The van der Waals surface area contributed by atoms with E-state index in [-0.39, 0.29) is 17.4 Å². The van der Waals surface area contributed by atoms with Gasteiger partial charge in [0, 0.05) is 30.6 Å². The molecule has 2 saturated heterocycles. The molecule has 2 heterocycles. The van der Waals surface area contributed by atoms with Crippen molar-refractivity contribution in [1.29, 1.82) is 0 Å². The van der Waals surface area contributed by atoms with Gasteiger partial charge in [-0.15, -0.1) is 0 Å². The first-order valence-electron chi connectivity index (χ1n) is 8.25. The summed E-state index contributed by atoms with van der Waals surface area (Å²) in [5.41, 5.74) is 0.863. The lowest BCUT2D eigenvalue weighted by atomic mass is 9.69. The van der Waals surface area contributed by atoms with Crippen molar-refractivity contribution in [3.05, 3.63) is 29.8 Å². The molecule has 4 heteroatoms. The Morgan fingerprint density at radius 1 is 1.36 bits per heavy atom. The summed E-state index contributed by atoms with van der Waals surface area (Å²) in [5.74, 6) is 1.41. The predicted molar refractivity (Wildman–Crippen MR) is 87.1 cm³/mol. The highest BCUT2D eigenvalue weighted by Gasteiger charge is 2.55. The van der Waals surface area contributed by atoms with E-state index in [1.54, 1.807) is 7.11 Å². The van der Waals surface area contributed by atoms with E-state index in [9.17, 15) is 4.79 Å². The Morgan fingerprint density at radius 2 is 2.14 bits per heavy atom. The number of para-hydroxylation sites is 1. The summed E-state index contributed by atoms with van der Waals surface area (Å²) >= 11 is 0. The molecule has 0 radical (unpaired) electrons. The van der Waals surface area contributed by atoms with Crippen molar-refractivity contribution in [1.82, 2.24) is 10.2 Å². The van der Waals surface area contributed by atoms with Gasteiger partial charge in [-0.2, -0.15) is 0 Å². The van der Waals surface area contributed by atoms with Crippen LogP contribution in [-0.4, -0.2) is 43.6 Å². The number of hydrogen-bond donors (Lipinski definition) is 1. The van der Waals surface area contributed by atoms with E-state index in [4.69, 9.17) is 4.74 Å². The smallest absolute Gasteiger partial charge is 0.231 e. The van der Waals surface area contributed by atoms with Crippen LogP contribution in [0, 0.1) is 5.41 Å². The second kappa shape index (κ2) is 5.92. The fraction of sp³-hybridized carbons (Fsp3) is 0.611. The first-order chi connectivity index (χ1) is 10.6. The first-order valence-corrected chi connectivity index (χ1v) is 8.25. The number of carbonyl (C=O) groups excluding carboxylic acids is 1. The van der Waals surface area contributed by atoms with Crippen LogP contribution >= 0.6 is 0 Å². The molecule has 4 nitrogen and oxygen atoms in total. The largest absolute Gasteiger partial charge is 0.496 e. The van der Waals surface area contributed by atoms with Gasteiger partial charge in [0.2, 0.25) is 5.91 Å². The quantitative estimate of drug-likeness (QED) is 0.932. The topological polar surface area (TPSA) is 41.6 Å². The molecular weight excluding hydrogens is 276 g/mol. The van der Waals surface area contributed by atoms with E-state index < -0.39 is 0 Å². The lowest BCUT2D eigenvalue weighted by Gasteiger charge is -2.37. The Balaban J connectivity index is 2.05. The Hall–Kier alpha value is -1.55. The molecule has 22 heavy (non-hydrogen) atoms. The van der Waals surface area contributed by atoms with Gasteiger partial charge in [-0.1, -0.05) is 18.2 Å². The molecule has 120 valence electrons. The summed E-state index contributed by atoms with van der Waals surface area (Å²) in [7, 11) is 1.71. The maximum Gasteiger partial charge on any atom is 0.231 e. The number of methoxy groups -OCH3 is 1. The van der Waals surface area contributed by atoms with Gasteiger partial charge in [0.15, 0.2) is 0 Å². The number of benzene rings is 1. The number of carbonyl (C=O) groups is 1. The van der Waals surface area contributed by atoms with Gasteiger partial charge in [-0.3, -0.25) is 4.79 Å². The molecule has 1 N–H and O–H groups in total. The third-order valence-corrected chi connectivity index (χ3v) is 5.29. The molecule has 0 unspecified atom stereocenters. The number of ether oxygens (including phenoxy) is 1. The minimum absolute atomic E-state index is 0.200. The van der Waals surface area contributed by atoms with Crippen molar-refractivity contribution < 1.29 is 9.53 Å². The van der Waals surface area contributed by atoms with Crippen molar-refractivity contribution in [2.45, 2.75) is 38.6 Å². The minimum atomic E-state index is -0.308. The van der Waals surface area contributed by atoms with Crippen LogP contribution in [0.1, 0.15) is 38.2 Å². The highest BCUT2D eigenvalue weighted by Crippen LogP contribution is 2.50. The SMILES string of the molecule is COc1ccccc1[C@H]1CN(C(C)C)C(=O)[C@@]12CCCNC2. The molecule has 2 fully saturated rings. The van der Waals surface area contributed by atoms with Gasteiger partial charge in [-0.25, -0.2) is 0 Å². The van der Waals surface area contributed by atoms with Crippen LogP contribution in [0.15, 0.2) is 24.3 Å². The maximum atomic E-state index is 13.2. The highest BCUT2D eigenvalue weighted by atomic mass is 16.5. The van der Waals surface area contributed by atoms with Crippen LogP contribution in [0.5, 0.6) is 5.75 Å². The Kier molecular flexibility index (Phi) is 4.13. The van der Waals surface area contributed by atoms with Gasteiger partial charge in [0.25, 0.3) is 0 Å². The molecule has 0 saturated carbocycles. The van der Waals surface area contributed by atoms with Crippen molar-refractivity contribution >= 4 is 5.91 Å². The average Bonchev–Trinajstić information content (AvgIpc) is 2.81. The number of nitrogens with one attached hydrogen (secondary N) is 1. The zero-order valence-corrected chi connectivity index (χ0v) is 13.8. The zero-order chi connectivity index (χ0) is 15.7. The molecule has 1 aromatic rings. The van der Waals surface area contributed by atoms with Crippen molar-refractivity contribution in [2.24, 2.45) is 5.41 Å². The van der Waals surface area contributed by atoms with Crippen molar-refractivity contribution in [3.63, 3.8) is 0 Å². The predicted octanol–water partition coefficient (Wildman–Crippen LogP) is 2.40. The molecule has 2 atom stereocenters. The third-order valence-electron chi connectivity index (χ3n) is 5.29. The van der Waals surface area contributed by atoms with E-state index >= 15 is 0 Å². The molecule has 1 amide bonds. The van der Waals surface area contributed by atoms with E-state index in [1.165, 1.54) is 5.56 Å². The Morgan fingerprint density at radius 3 is 2.77 bits per heavy atom. The molecule has 0 aromatic heterocycles. The van der Waals surface area contributed by atoms with Gasteiger partial charge < -0.3 is 15.0 Å². The molecule has 0 bridgehead atoms. The first kappa shape index (κ1) is 15.3. The summed E-state index contributed by atoms with van der Waals surface area (Å²) in [4.78, 5) is 15.2. The second-order valence-electron chi connectivity index (χ2n) is 6.78. The number of piperidine rings is 1. The monoisotopic (exact) mass is 302 g/mol. The van der Waals surface area contributed by atoms with Crippen LogP contribution < -0.4 is 10.1 Å². The maximum absolute atomic E-state index is 13.2. The molecule has 0 aliphatic carbocycles. The molecule has 2 aliphatic rings. The zero-order valence-electron chi connectivity index (χ0n) is 13.8. The van der Waals surface area contributed by atoms with E-state index in [0.29, 0.717) is 5.91 Å². The molecule has 3 rings (SSSR count). The number of amides is 1. The molecule has 2 aliphatic heterocycles. The molecular formula is C18H26N2O2. The normalized spacial score (nSPS) is 28.6. The highest BCUT2D eigenvalue weighted by molar-refractivity contribution is 5.87. The lowest BCUT2D eigenvalue weighted by molar-refractivity contribution is -0.138. The summed E-state index contributed by atoms with van der Waals surface area (Å²) < 4.78 is 5.57. The number of nitrogens with zero attached hydrogens (tertiary/aromatic N) is 1. The summed E-state index contributed by atoms with van der Waals surface area (Å²) in [5, 5.41) is 3.46. The van der Waals surface area contributed by atoms with E-state index in [2.05, 4.69) is 25.2 Å². The van der Waals surface area contributed by atoms with Gasteiger partial charge in [0.1, 0.15) is 5.75 Å². The molecule has 1 spiro atoms. The van der Waals surface area contributed by atoms with Gasteiger partial charge >= 0.3 is 0 Å². The number of rotatable bonds is 3. The van der Waals surface area contributed by atoms with E-state index in [1.807, 2.05) is 23.1 Å². The van der Waals surface area contributed by atoms with Crippen LogP contribution in [0.25, 0.3) is 0 Å². The Bertz CT molecular complexity index is 550. The minimum Gasteiger partial charge on any atom is -0.496 e. The van der Waals surface area contributed by atoms with Crippen LogP contribution in [0.3, 0.4) is 0 Å². The average molecular weight is 302 g/mol. The second-order valence-corrected chi connectivity index (χ2v) is 6.78. The fourth-order valence-electron chi connectivity index (χ4n) is 4.09. The van der Waals surface area contributed by atoms with Crippen LogP contribution in [0.2, 0.25) is 0 Å².